The van der Waals surface area contributed by atoms with Gasteiger partial charge in [0.15, 0.2) is 0 Å². The number of piperidine rings is 3. The Labute approximate surface area is 80.7 Å². The first kappa shape index (κ1) is 8.25. The zero-order valence-corrected chi connectivity index (χ0v) is 8.34. The van der Waals surface area contributed by atoms with Crippen molar-refractivity contribution in [3.63, 3.8) is 0 Å². The zero-order valence-electron chi connectivity index (χ0n) is 8.34. The highest BCUT2D eigenvalue weighted by atomic mass is 15.2. The Kier molecular flexibility index (Phi) is 2.06. The van der Waals surface area contributed by atoms with E-state index >= 15 is 0 Å². The molecule has 2 heteroatoms. The van der Waals surface area contributed by atoms with E-state index in [1.807, 2.05) is 0 Å². The number of nitrogens with one attached hydrogen (secondary N) is 1. The van der Waals surface area contributed by atoms with Crippen LogP contribution >= 0.6 is 0 Å². The predicted octanol–water partition coefficient (Wildman–Crippen LogP) is 1.08. The first-order chi connectivity index (χ1) is 6.42. The van der Waals surface area contributed by atoms with E-state index in [9.17, 15) is 0 Å². The fourth-order valence-electron chi connectivity index (χ4n) is 2.84. The normalized spacial score (nSPS) is 43.8. The molecular formula is C11H20N2. The van der Waals surface area contributed by atoms with Gasteiger partial charge in [0.1, 0.15) is 0 Å². The second-order valence-corrected chi connectivity index (χ2v) is 5.10. The Balaban J connectivity index is 1.52. The van der Waals surface area contributed by atoms with E-state index in [-0.39, 0.29) is 0 Å². The highest BCUT2D eigenvalue weighted by Crippen LogP contribution is 2.30. The van der Waals surface area contributed by atoms with E-state index in [4.69, 9.17) is 0 Å². The Morgan fingerprint density at radius 2 is 1.85 bits per heavy atom. The Morgan fingerprint density at radius 1 is 1.08 bits per heavy atom. The number of fused-ring (bicyclic) bond motifs is 3. The molecule has 1 aliphatic carbocycles. The van der Waals surface area contributed by atoms with Crippen LogP contribution < -0.4 is 5.32 Å². The first-order valence-corrected chi connectivity index (χ1v) is 5.87. The van der Waals surface area contributed by atoms with Crippen LogP contribution in [0.1, 0.15) is 25.7 Å². The van der Waals surface area contributed by atoms with Crippen molar-refractivity contribution in [1.82, 2.24) is 10.2 Å². The summed E-state index contributed by atoms with van der Waals surface area (Å²) in [5, 5.41) is 3.77. The zero-order chi connectivity index (χ0) is 8.67. The molecule has 13 heavy (non-hydrogen) atoms. The summed E-state index contributed by atoms with van der Waals surface area (Å²) >= 11 is 0. The third kappa shape index (κ3) is 1.75. The molecular weight excluding hydrogens is 160 g/mol. The van der Waals surface area contributed by atoms with Gasteiger partial charge in [-0.15, -0.1) is 0 Å². The summed E-state index contributed by atoms with van der Waals surface area (Å²) in [5.41, 5.74) is 0. The van der Waals surface area contributed by atoms with Crippen molar-refractivity contribution in [3.8, 4) is 0 Å². The number of hydrogen-bond donors (Lipinski definition) is 1. The van der Waals surface area contributed by atoms with Crippen LogP contribution in [0.4, 0.5) is 0 Å². The van der Waals surface area contributed by atoms with Gasteiger partial charge in [0.25, 0.3) is 0 Å². The minimum absolute atomic E-state index is 0.836. The molecule has 0 aromatic rings. The molecule has 4 fully saturated rings. The van der Waals surface area contributed by atoms with Gasteiger partial charge < -0.3 is 10.2 Å². The van der Waals surface area contributed by atoms with E-state index in [0.717, 1.165) is 17.9 Å². The lowest BCUT2D eigenvalue weighted by atomic mass is 9.84. The van der Waals surface area contributed by atoms with E-state index in [1.165, 1.54) is 51.9 Å². The van der Waals surface area contributed by atoms with Crippen molar-refractivity contribution in [2.45, 2.75) is 31.7 Å². The van der Waals surface area contributed by atoms with E-state index in [0.29, 0.717) is 0 Å². The predicted molar refractivity (Wildman–Crippen MR) is 53.7 cm³/mol. The van der Waals surface area contributed by atoms with Crippen molar-refractivity contribution in [3.05, 3.63) is 0 Å². The van der Waals surface area contributed by atoms with Crippen LogP contribution in [-0.4, -0.2) is 37.1 Å². The van der Waals surface area contributed by atoms with Crippen molar-refractivity contribution < 1.29 is 0 Å². The molecule has 0 unspecified atom stereocenters. The molecule has 1 N–H and O–H groups in total. The van der Waals surface area contributed by atoms with Gasteiger partial charge in [-0.1, -0.05) is 0 Å². The van der Waals surface area contributed by atoms with Crippen LogP contribution in [-0.2, 0) is 0 Å². The average molecular weight is 180 g/mol. The van der Waals surface area contributed by atoms with Crippen molar-refractivity contribution in [2.24, 2.45) is 11.8 Å². The summed E-state index contributed by atoms with van der Waals surface area (Å²) in [6, 6.07) is 0.836. The molecule has 1 saturated carbocycles. The molecule has 3 aliphatic heterocycles. The molecule has 4 aliphatic rings. The molecule has 0 spiro atoms. The third-order valence-electron chi connectivity index (χ3n) is 4.02. The fraction of sp³-hybridized carbons (Fsp3) is 1.00. The van der Waals surface area contributed by atoms with Crippen LogP contribution in [0.25, 0.3) is 0 Å². The second-order valence-electron chi connectivity index (χ2n) is 5.10. The quantitative estimate of drug-likeness (QED) is 0.699. The van der Waals surface area contributed by atoms with Crippen LogP contribution in [0, 0.1) is 11.8 Å². The summed E-state index contributed by atoms with van der Waals surface area (Å²) in [5.74, 6) is 2.04. The molecule has 2 bridgehead atoms. The second kappa shape index (κ2) is 3.25. The minimum atomic E-state index is 0.836. The maximum atomic E-state index is 3.77. The smallest absolute Gasteiger partial charge is 0.0224 e. The molecule has 3 heterocycles. The van der Waals surface area contributed by atoms with Crippen LogP contribution in [0.3, 0.4) is 0 Å². The maximum absolute atomic E-state index is 3.77. The number of hydrogen-bond acceptors (Lipinski definition) is 2. The summed E-state index contributed by atoms with van der Waals surface area (Å²) in [6.07, 6.45) is 5.85. The number of nitrogens with zero attached hydrogens (tertiary/aromatic N) is 1. The molecule has 0 amide bonds. The largest absolute Gasteiger partial charge is 0.312 e. The van der Waals surface area contributed by atoms with Gasteiger partial charge in [-0.05, 0) is 57.2 Å². The molecule has 4 rings (SSSR count). The molecule has 0 aromatic heterocycles. The third-order valence-corrected chi connectivity index (χ3v) is 4.02. The average Bonchev–Trinajstić information content (AvgIpc) is 3.00. The van der Waals surface area contributed by atoms with Crippen molar-refractivity contribution in [2.75, 3.05) is 26.2 Å². The summed E-state index contributed by atoms with van der Waals surface area (Å²) in [4.78, 5) is 2.63. The monoisotopic (exact) mass is 180 g/mol. The van der Waals surface area contributed by atoms with Gasteiger partial charge in [0.05, 0.1) is 0 Å². The SMILES string of the molecule is C1CC1CN[C@H]1CN2CCC1CC2. The Morgan fingerprint density at radius 3 is 2.38 bits per heavy atom. The van der Waals surface area contributed by atoms with Crippen molar-refractivity contribution in [1.29, 1.82) is 0 Å². The maximum Gasteiger partial charge on any atom is 0.0224 e. The molecule has 3 saturated heterocycles. The summed E-state index contributed by atoms with van der Waals surface area (Å²) < 4.78 is 0. The van der Waals surface area contributed by atoms with Crippen LogP contribution in [0.5, 0.6) is 0 Å². The molecule has 0 radical (unpaired) electrons. The fourth-order valence-corrected chi connectivity index (χ4v) is 2.84. The molecule has 1 atom stereocenters. The molecule has 74 valence electrons. The van der Waals surface area contributed by atoms with Crippen LogP contribution in [0.2, 0.25) is 0 Å². The lowest BCUT2D eigenvalue weighted by Crippen LogP contribution is -2.56. The van der Waals surface area contributed by atoms with Gasteiger partial charge in [-0.25, -0.2) is 0 Å². The lowest BCUT2D eigenvalue weighted by molar-refractivity contribution is 0.0723. The van der Waals surface area contributed by atoms with Gasteiger partial charge in [-0.2, -0.15) is 0 Å². The number of rotatable bonds is 3. The van der Waals surface area contributed by atoms with Crippen molar-refractivity contribution >= 4 is 0 Å². The van der Waals surface area contributed by atoms with Gasteiger partial charge >= 0.3 is 0 Å². The molecule has 2 nitrogen and oxygen atoms in total. The van der Waals surface area contributed by atoms with E-state index in [2.05, 4.69) is 10.2 Å². The van der Waals surface area contributed by atoms with Gasteiger partial charge in [0.2, 0.25) is 0 Å². The summed E-state index contributed by atoms with van der Waals surface area (Å²) in [7, 11) is 0. The van der Waals surface area contributed by atoms with Gasteiger partial charge in [-0.3, -0.25) is 0 Å². The highest BCUT2D eigenvalue weighted by molar-refractivity contribution is 4.91. The van der Waals surface area contributed by atoms with E-state index < -0.39 is 0 Å². The first-order valence-electron chi connectivity index (χ1n) is 5.87. The standard InChI is InChI=1S/C11H20N2/c1-2-9(1)7-12-11-8-13-5-3-10(11)4-6-13/h9-12H,1-8H2/t11-/m0/s1. The summed E-state index contributed by atoms with van der Waals surface area (Å²) in [6.45, 7) is 5.37. The Hall–Kier alpha value is -0.0800. The van der Waals surface area contributed by atoms with E-state index in [1.54, 1.807) is 0 Å². The van der Waals surface area contributed by atoms with Crippen LogP contribution in [0.15, 0.2) is 0 Å². The minimum Gasteiger partial charge on any atom is -0.312 e. The van der Waals surface area contributed by atoms with Gasteiger partial charge in [0, 0.05) is 12.6 Å². The topological polar surface area (TPSA) is 15.3 Å². The Bertz CT molecular complexity index is 181. The lowest BCUT2D eigenvalue weighted by Gasteiger charge is -2.45. The highest BCUT2D eigenvalue weighted by Gasteiger charge is 2.34. The molecule has 0 aromatic carbocycles.